The predicted molar refractivity (Wildman–Crippen MR) is 76.0 cm³/mol. The second kappa shape index (κ2) is 6.71. The van der Waals surface area contributed by atoms with Crippen molar-refractivity contribution in [1.29, 1.82) is 0 Å². The van der Waals surface area contributed by atoms with Gasteiger partial charge in [-0.25, -0.2) is 0 Å². The summed E-state index contributed by atoms with van der Waals surface area (Å²) in [6.45, 7) is 7.17. The fraction of sp³-hybridized carbons (Fsp3) is 0.933. The molecule has 110 valence electrons. The van der Waals surface area contributed by atoms with Gasteiger partial charge in [0.2, 0.25) is 5.91 Å². The first kappa shape index (κ1) is 14.8. The van der Waals surface area contributed by atoms with Crippen molar-refractivity contribution in [3.8, 4) is 0 Å². The third-order valence-electron chi connectivity index (χ3n) is 4.52. The van der Waals surface area contributed by atoms with E-state index in [2.05, 4.69) is 24.5 Å². The SMILES string of the molecule is CC1(C)CCCNC1CNC(=O)CC1CCCCO1. The molecule has 2 aliphatic heterocycles. The molecule has 0 aromatic carbocycles. The Bertz CT molecular complexity index is 299. The maximum absolute atomic E-state index is 11.9. The highest BCUT2D eigenvalue weighted by Crippen LogP contribution is 2.29. The first-order valence-electron chi connectivity index (χ1n) is 7.69. The van der Waals surface area contributed by atoms with E-state index < -0.39 is 0 Å². The van der Waals surface area contributed by atoms with Crippen molar-refractivity contribution in [2.75, 3.05) is 19.7 Å². The lowest BCUT2D eigenvalue weighted by Gasteiger charge is -2.39. The molecule has 0 aliphatic carbocycles. The lowest BCUT2D eigenvalue weighted by atomic mass is 9.77. The minimum atomic E-state index is 0.134. The highest BCUT2D eigenvalue weighted by atomic mass is 16.5. The van der Waals surface area contributed by atoms with E-state index in [1.54, 1.807) is 0 Å². The molecule has 2 fully saturated rings. The topological polar surface area (TPSA) is 50.4 Å². The molecule has 2 unspecified atom stereocenters. The summed E-state index contributed by atoms with van der Waals surface area (Å²) in [6, 6.07) is 0.387. The number of rotatable bonds is 4. The molecule has 2 saturated heterocycles. The van der Waals surface area contributed by atoms with Crippen LogP contribution in [0, 0.1) is 5.41 Å². The number of hydrogen-bond acceptors (Lipinski definition) is 3. The van der Waals surface area contributed by atoms with E-state index in [4.69, 9.17) is 4.74 Å². The van der Waals surface area contributed by atoms with Crippen LogP contribution in [-0.2, 0) is 9.53 Å². The van der Waals surface area contributed by atoms with Crippen molar-refractivity contribution >= 4 is 5.91 Å². The van der Waals surface area contributed by atoms with Gasteiger partial charge in [0, 0.05) is 19.2 Å². The van der Waals surface area contributed by atoms with Gasteiger partial charge in [-0.3, -0.25) is 4.79 Å². The summed E-state index contributed by atoms with van der Waals surface area (Å²) in [5.74, 6) is 0.134. The van der Waals surface area contributed by atoms with Gasteiger partial charge in [-0.1, -0.05) is 13.8 Å². The van der Waals surface area contributed by atoms with Crippen LogP contribution in [0.1, 0.15) is 52.4 Å². The monoisotopic (exact) mass is 268 g/mol. The van der Waals surface area contributed by atoms with E-state index in [0.717, 1.165) is 32.5 Å². The number of hydrogen-bond donors (Lipinski definition) is 2. The van der Waals surface area contributed by atoms with E-state index in [-0.39, 0.29) is 17.4 Å². The largest absolute Gasteiger partial charge is 0.378 e. The van der Waals surface area contributed by atoms with Gasteiger partial charge < -0.3 is 15.4 Å². The fourth-order valence-corrected chi connectivity index (χ4v) is 3.08. The van der Waals surface area contributed by atoms with Crippen LogP contribution < -0.4 is 10.6 Å². The molecule has 4 heteroatoms. The summed E-state index contributed by atoms with van der Waals surface area (Å²) < 4.78 is 5.60. The van der Waals surface area contributed by atoms with Gasteiger partial charge in [0.05, 0.1) is 12.5 Å². The van der Waals surface area contributed by atoms with Crippen molar-refractivity contribution < 1.29 is 9.53 Å². The molecule has 0 aromatic heterocycles. The van der Waals surface area contributed by atoms with Crippen LogP contribution in [0.3, 0.4) is 0 Å². The summed E-state index contributed by atoms with van der Waals surface area (Å²) in [5, 5.41) is 6.60. The maximum atomic E-state index is 11.9. The molecule has 0 spiro atoms. The average molecular weight is 268 g/mol. The molecular formula is C15H28N2O2. The minimum Gasteiger partial charge on any atom is -0.378 e. The van der Waals surface area contributed by atoms with E-state index in [9.17, 15) is 4.79 Å². The van der Waals surface area contributed by atoms with Crippen LogP contribution in [0.15, 0.2) is 0 Å². The van der Waals surface area contributed by atoms with Gasteiger partial charge in [0.25, 0.3) is 0 Å². The molecule has 2 heterocycles. The summed E-state index contributed by atoms with van der Waals surface area (Å²) in [4.78, 5) is 11.9. The Kier molecular flexibility index (Phi) is 5.22. The number of amides is 1. The maximum Gasteiger partial charge on any atom is 0.222 e. The second-order valence-corrected chi connectivity index (χ2v) is 6.60. The zero-order valence-electron chi connectivity index (χ0n) is 12.3. The highest BCUT2D eigenvalue weighted by molar-refractivity contribution is 5.76. The van der Waals surface area contributed by atoms with Crippen LogP contribution >= 0.6 is 0 Å². The van der Waals surface area contributed by atoms with E-state index in [1.165, 1.54) is 19.3 Å². The molecule has 19 heavy (non-hydrogen) atoms. The Morgan fingerprint density at radius 1 is 1.37 bits per heavy atom. The van der Waals surface area contributed by atoms with Crippen LogP contribution in [0.5, 0.6) is 0 Å². The number of ether oxygens (including phenoxy) is 1. The Balaban J connectivity index is 1.70. The van der Waals surface area contributed by atoms with Crippen molar-refractivity contribution in [2.24, 2.45) is 5.41 Å². The average Bonchev–Trinajstić information content (AvgIpc) is 2.38. The first-order chi connectivity index (χ1) is 9.08. The lowest BCUT2D eigenvalue weighted by molar-refractivity contribution is -0.125. The first-order valence-corrected chi connectivity index (χ1v) is 7.69. The molecule has 1 amide bonds. The molecular weight excluding hydrogens is 240 g/mol. The summed E-state index contributed by atoms with van der Waals surface area (Å²) >= 11 is 0. The Morgan fingerprint density at radius 3 is 2.89 bits per heavy atom. The van der Waals surface area contributed by atoms with E-state index >= 15 is 0 Å². The Morgan fingerprint density at radius 2 is 2.21 bits per heavy atom. The van der Waals surface area contributed by atoms with Gasteiger partial charge in [-0.15, -0.1) is 0 Å². The molecule has 0 saturated carbocycles. The fourth-order valence-electron chi connectivity index (χ4n) is 3.08. The Labute approximate surface area is 116 Å². The van der Waals surface area contributed by atoms with Crippen LogP contribution in [0.2, 0.25) is 0 Å². The lowest BCUT2D eigenvalue weighted by Crippen LogP contribution is -2.53. The number of piperidine rings is 1. The van der Waals surface area contributed by atoms with E-state index in [1.807, 2.05) is 0 Å². The third-order valence-corrected chi connectivity index (χ3v) is 4.52. The predicted octanol–water partition coefficient (Wildman–Crippen LogP) is 1.84. The zero-order valence-corrected chi connectivity index (χ0v) is 12.3. The molecule has 0 radical (unpaired) electrons. The normalized spacial score (nSPS) is 30.8. The second-order valence-electron chi connectivity index (χ2n) is 6.60. The zero-order chi connectivity index (χ0) is 13.7. The third kappa shape index (κ3) is 4.46. The van der Waals surface area contributed by atoms with Gasteiger partial charge in [-0.2, -0.15) is 0 Å². The molecule has 2 aliphatic rings. The molecule has 2 rings (SSSR count). The number of carbonyl (C=O) groups is 1. The van der Waals surface area contributed by atoms with Gasteiger partial charge in [0.15, 0.2) is 0 Å². The smallest absolute Gasteiger partial charge is 0.222 e. The number of nitrogens with one attached hydrogen (secondary N) is 2. The van der Waals surface area contributed by atoms with Crippen molar-refractivity contribution in [3.63, 3.8) is 0 Å². The van der Waals surface area contributed by atoms with Crippen molar-refractivity contribution in [1.82, 2.24) is 10.6 Å². The molecule has 0 aromatic rings. The van der Waals surface area contributed by atoms with E-state index in [0.29, 0.717) is 12.5 Å². The molecule has 4 nitrogen and oxygen atoms in total. The van der Waals surface area contributed by atoms with Crippen molar-refractivity contribution in [3.05, 3.63) is 0 Å². The summed E-state index contributed by atoms with van der Waals surface area (Å²) in [7, 11) is 0. The minimum absolute atomic E-state index is 0.134. The molecule has 2 N–H and O–H groups in total. The van der Waals surface area contributed by atoms with Crippen molar-refractivity contribution in [2.45, 2.75) is 64.5 Å². The van der Waals surface area contributed by atoms with Crippen LogP contribution in [-0.4, -0.2) is 37.7 Å². The standard InChI is InChI=1S/C15H28N2O2/c1-15(2)7-5-8-16-13(15)11-17-14(18)10-12-6-3-4-9-19-12/h12-13,16H,3-11H2,1-2H3,(H,17,18). The molecule has 2 atom stereocenters. The summed E-state index contributed by atoms with van der Waals surface area (Å²) in [5.41, 5.74) is 0.271. The van der Waals surface area contributed by atoms with Crippen LogP contribution in [0.4, 0.5) is 0 Å². The van der Waals surface area contributed by atoms with Gasteiger partial charge >= 0.3 is 0 Å². The Hall–Kier alpha value is -0.610. The van der Waals surface area contributed by atoms with Gasteiger partial charge in [-0.05, 0) is 44.1 Å². The number of carbonyl (C=O) groups excluding carboxylic acids is 1. The summed E-state index contributed by atoms with van der Waals surface area (Å²) in [6.07, 6.45) is 6.47. The quantitative estimate of drug-likeness (QED) is 0.818. The highest BCUT2D eigenvalue weighted by Gasteiger charge is 2.32. The van der Waals surface area contributed by atoms with Crippen LogP contribution in [0.25, 0.3) is 0 Å². The van der Waals surface area contributed by atoms with Gasteiger partial charge in [0.1, 0.15) is 0 Å². The molecule has 0 bridgehead atoms.